The van der Waals surface area contributed by atoms with Crippen LogP contribution < -0.4 is 5.32 Å². The minimum Gasteiger partial charge on any atom is -0.349 e. The minimum absolute atomic E-state index is 0.0656. The first-order valence-corrected chi connectivity index (χ1v) is 9.24. The maximum atomic E-state index is 12.4. The zero-order chi connectivity index (χ0) is 21.0. The van der Waals surface area contributed by atoms with E-state index in [1.807, 2.05) is 0 Å². The normalized spacial score (nSPS) is 15.9. The van der Waals surface area contributed by atoms with E-state index in [-0.39, 0.29) is 36.4 Å². The average molecular weight is 406 g/mol. The molecule has 1 aromatic heterocycles. The lowest BCUT2D eigenvalue weighted by atomic mass is 10.0. The molecule has 2 aromatic rings. The van der Waals surface area contributed by atoms with Crippen molar-refractivity contribution in [3.8, 4) is 11.4 Å². The molecule has 1 aromatic carbocycles. The van der Waals surface area contributed by atoms with Crippen LogP contribution in [0.4, 0.5) is 13.2 Å². The second kappa shape index (κ2) is 8.69. The van der Waals surface area contributed by atoms with Crippen LogP contribution in [-0.4, -0.2) is 58.4 Å². The standard InChI is InChI=1S/C20H21F3N4O2/c1-13(28)14-3-2-4-15(9-14)18-24-10-16(11-25-18)19(29)26-17-5-7-27(8-6-17)12-20(21,22)23/h2-4,9-11,17H,5-8,12H2,1H3,(H,26,29). The lowest BCUT2D eigenvalue weighted by Gasteiger charge is -2.32. The number of rotatable bonds is 5. The fraction of sp³-hybridized carbons (Fsp3) is 0.400. The monoisotopic (exact) mass is 406 g/mol. The van der Waals surface area contributed by atoms with Crippen molar-refractivity contribution in [2.75, 3.05) is 19.6 Å². The molecule has 1 N–H and O–H groups in total. The molecule has 29 heavy (non-hydrogen) atoms. The van der Waals surface area contributed by atoms with Crippen LogP contribution in [0.5, 0.6) is 0 Å². The van der Waals surface area contributed by atoms with Crippen molar-refractivity contribution in [3.63, 3.8) is 0 Å². The van der Waals surface area contributed by atoms with Gasteiger partial charge in [-0.25, -0.2) is 9.97 Å². The molecule has 1 fully saturated rings. The molecule has 1 amide bonds. The number of hydrogen-bond donors (Lipinski definition) is 1. The summed E-state index contributed by atoms with van der Waals surface area (Å²) in [4.78, 5) is 33.6. The van der Waals surface area contributed by atoms with Gasteiger partial charge in [0.15, 0.2) is 11.6 Å². The second-order valence-electron chi connectivity index (χ2n) is 7.07. The van der Waals surface area contributed by atoms with Gasteiger partial charge in [0.1, 0.15) is 0 Å². The summed E-state index contributed by atoms with van der Waals surface area (Å²) in [7, 11) is 0. The molecule has 154 valence electrons. The van der Waals surface area contributed by atoms with E-state index in [0.29, 0.717) is 29.8 Å². The number of nitrogens with zero attached hydrogens (tertiary/aromatic N) is 3. The van der Waals surface area contributed by atoms with Gasteiger partial charge in [0.2, 0.25) is 0 Å². The lowest BCUT2D eigenvalue weighted by Crippen LogP contribution is -2.47. The number of carbonyl (C=O) groups excluding carboxylic acids is 2. The molecule has 0 unspecified atom stereocenters. The number of halogens is 3. The van der Waals surface area contributed by atoms with Crippen LogP contribution in [0.3, 0.4) is 0 Å². The molecule has 0 atom stereocenters. The van der Waals surface area contributed by atoms with Crippen LogP contribution in [-0.2, 0) is 0 Å². The second-order valence-corrected chi connectivity index (χ2v) is 7.07. The molecular formula is C20H21F3N4O2. The van der Waals surface area contributed by atoms with E-state index in [1.54, 1.807) is 24.3 Å². The predicted octanol–water partition coefficient (Wildman–Crippen LogP) is 3.10. The Morgan fingerprint density at radius 3 is 2.38 bits per heavy atom. The number of hydrogen-bond acceptors (Lipinski definition) is 5. The van der Waals surface area contributed by atoms with E-state index in [1.165, 1.54) is 24.2 Å². The number of Topliss-reactive ketones (excluding diaryl/α,β-unsaturated/α-hetero) is 1. The van der Waals surface area contributed by atoms with Gasteiger partial charge in [0.05, 0.1) is 12.1 Å². The Balaban J connectivity index is 1.57. The molecule has 0 bridgehead atoms. The number of carbonyl (C=O) groups is 2. The molecule has 1 saturated heterocycles. The van der Waals surface area contributed by atoms with E-state index < -0.39 is 12.7 Å². The van der Waals surface area contributed by atoms with Gasteiger partial charge in [0, 0.05) is 42.7 Å². The van der Waals surface area contributed by atoms with E-state index in [2.05, 4.69) is 15.3 Å². The topological polar surface area (TPSA) is 75.2 Å². The van der Waals surface area contributed by atoms with Crippen molar-refractivity contribution in [2.24, 2.45) is 0 Å². The summed E-state index contributed by atoms with van der Waals surface area (Å²) < 4.78 is 37.3. The number of piperidine rings is 1. The molecular weight excluding hydrogens is 385 g/mol. The van der Waals surface area contributed by atoms with Gasteiger partial charge < -0.3 is 5.32 Å². The van der Waals surface area contributed by atoms with Crippen LogP contribution in [0.1, 0.15) is 40.5 Å². The van der Waals surface area contributed by atoms with E-state index >= 15 is 0 Å². The van der Waals surface area contributed by atoms with Gasteiger partial charge in [-0.15, -0.1) is 0 Å². The Hall–Kier alpha value is -2.81. The highest BCUT2D eigenvalue weighted by Crippen LogP contribution is 2.20. The van der Waals surface area contributed by atoms with Crippen LogP contribution in [0.2, 0.25) is 0 Å². The number of amides is 1. The Kier molecular flexibility index (Phi) is 6.26. The first-order chi connectivity index (χ1) is 13.7. The van der Waals surface area contributed by atoms with E-state index in [0.717, 1.165) is 0 Å². The highest BCUT2D eigenvalue weighted by molar-refractivity contribution is 5.95. The molecule has 1 aliphatic heterocycles. The Morgan fingerprint density at radius 2 is 1.79 bits per heavy atom. The third-order valence-corrected chi connectivity index (χ3v) is 4.77. The highest BCUT2D eigenvalue weighted by atomic mass is 19.4. The van der Waals surface area contributed by atoms with Gasteiger partial charge >= 0.3 is 6.18 Å². The zero-order valence-corrected chi connectivity index (χ0v) is 15.9. The number of aromatic nitrogens is 2. The van der Waals surface area contributed by atoms with Crippen LogP contribution in [0.15, 0.2) is 36.7 Å². The third-order valence-electron chi connectivity index (χ3n) is 4.77. The quantitative estimate of drug-likeness (QED) is 0.773. The molecule has 0 saturated carbocycles. The number of nitrogens with one attached hydrogen (secondary N) is 1. The lowest BCUT2D eigenvalue weighted by molar-refractivity contribution is -0.148. The SMILES string of the molecule is CC(=O)c1cccc(-c2ncc(C(=O)NC3CCN(CC(F)(F)F)CC3)cn2)c1. The summed E-state index contributed by atoms with van der Waals surface area (Å²) in [5, 5.41) is 2.83. The van der Waals surface area contributed by atoms with Crippen molar-refractivity contribution < 1.29 is 22.8 Å². The molecule has 0 radical (unpaired) electrons. The summed E-state index contributed by atoms with van der Waals surface area (Å²) in [6, 6.07) is 6.72. The summed E-state index contributed by atoms with van der Waals surface area (Å²) in [6.07, 6.45) is -0.496. The fourth-order valence-corrected chi connectivity index (χ4v) is 3.23. The van der Waals surface area contributed by atoms with Gasteiger partial charge in [-0.05, 0) is 25.8 Å². The first kappa shape index (κ1) is 20.9. The fourth-order valence-electron chi connectivity index (χ4n) is 3.23. The maximum absolute atomic E-state index is 12.4. The Bertz CT molecular complexity index is 876. The molecule has 1 aliphatic rings. The van der Waals surface area contributed by atoms with Crippen molar-refractivity contribution in [3.05, 3.63) is 47.8 Å². The van der Waals surface area contributed by atoms with Gasteiger partial charge in [-0.1, -0.05) is 18.2 Å². The van der Waals surface area contributed by atoms with Gasteiger partial charge in [-0.2, -0.15) is 13.2 Å². The summed E-state index contributed by atoms with van der Waals surface area (Å²) >= 11 is 0. The minimum atomic E-state index is -4.21. The number of ketones is 1. The first-order valence-electron chi connectivity index (χ1n) is 9.24. The van der Waals surface area contributed by atoms with Crippen molar-refractivity contribution in [1.29, 1.82) is 0 Å². The average Bonchev–Trinajstić information content (AvgIpc) is 2.68. The Morgan fingerprint density at radius 1 is 1.14 bits per heavy atom. The van der Waals surface area contributed by atoms with Crippen molar-refractivity contribution >= 4 is 11.7 Å². The number of likely N-dealkylation sites (tertiary alicyclic amines) is 1. The molecule has 2 heterocycles. The third kappa shape index (κ3) is 5.83. The molecule has 9 heteroatoms. The van der Waals surface area contributed by atoms with Crippen LogP contribution >= 0.6 is 0 Å². The van der Waals surface area contributed by atoms with Crippen molar-refractivity contribution in [1.82, 2.24) is 20.2 Å². The summed E-state index contributed by atoms with van der Waals surface area (Å²) in [5.41, 5.74) is 1.49. The van der Waals surface area contributed by atoms with Crippen molar-refractivity contribution in [2.45, 2.75) is 32.0 Å². The summed E-state index contributed by atoms with van der Waals surface area (Å²) in [6.45, 7) is 1.12. The predicted molar refractivity (Wildman–Crippen MR) is 100 cm³/mol. The van der Waals surface area contributed by atoms with E-state index in [9.17, 15) is 22.8 Å². The molecule has 0 aliphatic carbocycles. The van der Waals surface area contributed by atoms with Crippen LogP contribution in [0, 0.1) is 0 Å². The van der Waals surface area contributed by atoms with Gasteiger partial charge in [-0.3, -0.25) is 14.5 Å². The zero-order valence-electron chi connectivity index (χ0n) is 15.9. The van der Waals surface area contributed by atoms with Crippen LogP contribution in [0.25, 0.3) is 11.4 Å². The highest BCUT2D eigenvalue weighted by Gasteiger charge is 2.32. The van der Waals surface area contributed by atoms with Gasteiger partial charge in [0.25, 0.3) is 5.91 Å². The number of benzene rings is 1. The maximum Gasteiger partial charge on any atom is 0.401 e. The smallest absolute Gasteiger partial charge is 0.349 e. The summed E-state index contributed by atoms with van der Waals surface area (Å²) in [5.74, 6) is -0.0300. The Labute approximate surface area is 166 Å². The largest absolute Gasteiger partial charge is 0.401 e. The molecule has 3 rings (SSSR count). The molecule has 0 spiro atoms. The molecule has 6 nitrogen and oxygen atoms in total. The van der Waals surface area contributed by atoms with E-state index in [4.69, 9.17) is 0 Å². The number of alkyl halides is 3.